The van der Waals surface area contributed by atoms with E-state index < -0.39 is 11.2 Å². The number of halogens is 1. The molecule has 6 heteroatoms. The first-order valence-electron chi connectivity index (χ1n) is 4.55. The minimum atomic E-state index is -0.436. The average molecular weight is 282 g/mol. The predicted molar refractivity (Wildman–Crippen MR) is 62.4 cm³/mol. The van der Waals surface area contributed by atoms with Crippen LogP contribution >= 0.6 is 15.9 Å². The molecule has 0 spiro atoms. The molecule has 1 N–H and O–H groups in total. The van der Waals surface area contributed by atoms with Gasteiger partial charge in [0.2, 0.25) is 0 Å². The summed E-state index contributed by atoms with van der Waals surface area (Å²) >= 11 is 3.32. The van der Waals surface area contributed by atoms with Crippen LogP contribution in [0.1, 0.15) is 5.69 Å². The van der Waals surface area contributed by atoms with E-state index in [1.165, 1.54) is 16.8 Å². The molecule has 0 unspecified atom stereocenters. The van der Waals surface area contributed by atoms with E-state index in [9.17, 15) is 9.59 Å². The van der Waals surface area contributed by atoms with E-state index >= 15 is 0 Å². The smallest absolute Gasteiger partial charge is 0.295 e. The molecule has 5 nitrogen and oxygen atoms in total. The van der Waals surface area contributed by atoms with Gasteiger partial charge >= 0.3 is 5.69 Å². The summed E-state index contributed by atoms with van der Waals surface area (Å²) in [5.74, 6) is 0. The van der Waals surface area contributed by atoms with Crippen LogP contribution in [-0.2, 0) is 6.54 Å². The van der Waals surface area contributed by atoms with E-state index in [0.717, 1.165) is 10.2 Å². The monoisotopic (exact) mass is 281 g/mol. The molecule has 0 aromatic carbocycles. The molecule has 0 bridgehead atoms. The molecule has 0 atom stereocenters. The molecule has 2 rings (SSSR count). The summed E-state index contributed by atoms with van der Waals surface area (Å²) in [6.45, 7) is 0.328. The Kier molecular flexibility index (Phi) is 3.00. The van der Waals surface area contributed by atoms with Gasteiger partial charge in [-0.1, -0.05) is 15.9 Å². The van der Waals surface area contributed by atoms with Crippen LogP contribution in [0.4, 0.5) is 0 Å². The summed E-state index contributed by atoms with van der Waals surface area (Å²) < 4.78 is 2.28. The van der Waals surface area contributed by atoms with Crippen molar-refractivity contribution in [2.24, 2.45) is 0 Å². The van der Waals surface area contributed by atoms with Gasteiger partial charge in [-0.05, 0) is 12.1 Å². The second-order valence-corrected chi connectivity index (χ2v) is 4.12. The molecule has 0 aliphatic rings. The Hall–Kier alpha value is -1.69. The lowest BCUT2D eigenvalue weighted by molar-refractivity contribution is 0.705. The third-order valence-corrected chi connectivity index (χ3v) is 2.50. The number of hydrogen-bond donors (Lipinski definition) is 1. The maximum absolute atomic E-state index is 11.4. The van der Waals surface area contributed by atoms with Gasteiger partial charge in [0, 0.05) is 22.9 Å². The van der Waals surface area contributed by atoms with Gasteiger partial charge in [-0.2, -0.15) is 0 Å². The highest BCUT2D eigenvalue weighted by Crippen LogP contribution is 2.09. The van der Waals surface area contributed by atoms with Gasteiger partial charge in [0.25, 0.3) is 5.56 Å². The van der Waals surface area contributed by atoms with Crippen LogP contribution in [0, 0.1) is 0 Å². The Morgan fingerprint density at radius 3 is 2.88 bits per heavy atom. The summed E-state index contributed by atoms with van der Waals surface area (Å²) in [6.07, 6.45) is 3.10. The number of rotatable bonds is 2. The largest absolute Gasteiger partial charge is 0.328 e. The van der Waals surface area contributed by atoms with Gasteiger partial charge in [-0.15, -0.1) is 0 Å². The van der Waals surface area contributed by atoms with E-state index in [2.05, 4.69) is 25.9 Å². The fourth-order valence-electron chi connectivity index (χ4n) is 1.28. The maximum Gasteiger partial charge on any atom is 0.328 e. The molecule has 16 heavy (non-hydrogen) atoms. The number of nitrogens with one attached hydrogen (secondary N) is 1. The molecule has 0 aliphatic carbocycles. The number of H-pyrrole nitrogens is 1. The highest BCUT2D eigenvalue weighted by molar-refractivity contribution is 9.10. The molecule has 0 radical (unpaired) electrons. The highest BCUT2D eigenvalue weighted by Gasteiger charge is 2.00. The molecular formula is C10H8BrN3O2. The van der Waals surface area contributed by atoms with Gasteiger partial charge < -0.3 is 0 Å². The van der Waals surface area contributed by atoms with E-state index in [4.69, 9.17) is 0 Å². The van der Waals surface area contributed by atoms with Crippen LogP contribution < -0.4 is 11.2 Å². The van der Waals surface area contributed by atoms with E-state index in [1.807, 2.05) is 6.07 Å². The zero-order chi connectivity index (χ0) is 11.5. The van der Waals surface area contributed by atoms with Gasteiger partial charge in [0.1, 0.15) is 0 Å². The van der Waals surface area contributed by atoms with Crippen molar-refractivity contribution in [2.75, 3.05) is 0 Å². The summed E-state index contributed by atoms with van der Waals surface area (Å²) in [4.78, 5) is 28.6. The first-order valence-corrected chi connectivity index (χ1v) is 5.34. The van der Waals surface area contributed by atoms with Crippen molar-refractivity contribution >= 4 is 15.9 Å². The Morgan fingerprint density at radius 1 is 1.38 bits per heavy atom. The lowest BCUT2D eigenvalue weighted by Crippen LogP contribution is -2.29. The molecule has 0 saturated carbocycles. The van der Waals surface area contributed by atoms with Crippen molar-refractivity contribution in [2.45, 2.75) is 6.54 Å². The van der Waals surface area contributed by atoms with Crippen LogP contribution in [0.5, 0.6) is 0 Å². The molecular weight excluding hydrogens is 274 g/mol. The lowest BCUT2D eigenvalue weighted by Gasteiger charge is -2.03. The van der Waals surface area contributed by atoms with Crippen LogP contribution in [0.15, 0.2) is 44.7 Å². The fourth-order valence-corrected chi connectivity index (χ4v) is 1.66. The van der Waals surface area contributed by atoms with E-state index in [1.54, 1.807) is 12.3 Å². The minimum Gasteiger partial charge on any atom is -0.295 e. The zero-order valence-electron chi connectivity index (χ0n) is 8.18. The number of pyridine rings is 1. The quantitative estimate of drug-likeness (QED) is 0.883. The average Bonchev–Trinajstić information content (AvgIpc) is 2.22. The van der Waals surface area contributed by atoms with Crippen LogP contribution in [0.2, 0.25) is 0 Å². The van der Waals surface area contributed by atoms with Gasteiger partial charge in [-0.25, -0.2) is 4.79 Å². The first-order chi connectivity index (χ1) is 7.65. The van der Waals surface area contributed by atoms with Crippen LogP contribution in [0.3, 0.4) is 0 Å². The molecule has 0 aliphatic heterocycles. The molecule has 2 heterocycles. The minimum absolute atomic E-state index is 0.328. The molecule has 2 aromatic rings. The molecule has 2 aromatic heterocycles. The van der Waals surface area contributed by atoms with Crippen LogP contribution in [-0.4, -0.2) is 14.5 Å². The number of hydrogen-bond acceptors (Lipinski definition) is 3. The number of nitrogens with zero attached hydrogens (tertiary/aromatic N) is 2. The first kappa shape index (κ1) is 10.8. The van der Waals surface area contributed by atoms with E-state index in [-0.39, 0.29) is 0 Å². The third kappa shape index (κ3) is 2.46. The normalized spacial score (nSPS) is 10.3. The number of aromatic amines is 1. The van der Waals surface area contributed by atoms with Crippen molar-refractivity contribution in [3.8, 4) is 0 Å². The SMILES string of the molecule is O=c1ccn(Cc2cc(Br)ccn2)c(=O)[nH]1. The molecule has 82 valence electrons. The molecule has 0 amide bonds. The highest BCUT2D eigenvalue weighted by atomic mass is 79.9. The van der Waals surface area contributed by atoms with Gasteiger partial charge in [0.05, 0.1) is 12.2 Å². The Balaban J connectivity index is 2.34. The van der Waals surface area contributed by atoms with E-state index in [0.29, 0.717) is 6.54 Å². The number of aromatic nitrogens is 3. The van der Waals surface area contributed by atoms with Gasteiger partial charge in [-0.3, -0.25) is 19.3 Å². The van der Waals surface area contributed by atoms with Crippen molar-refractivity contribution in [3.63, 3.8) is 0 Å². The Morgan fingerprint density at radius 2 is 2.19 bits per heavy atom. The standard InChI is InChI=1S/C10H8BrN3O2/c11-7-1-3-12-8(5-7)6-14-4-2-9(15)13-10(14)16/h1-5H,6H2,(H,13,15,16). The fraction of sp³-hybridized carbons (Fsp3) is 0.100. The molecule has 0 saturated heterocycles. The predicted octanol–water partition coefficient (Wildman–Crippen LogP) is 0.742. The summed E-state index contributed by atoms with van der Waals surface area (Å²) in [5.41, 5.74) is -0.0961. The third-order valence-electron chi connectivity index (χ3n) is 2.01. The summed E-state index contributed by atoms with van der Waals surface area (Å²) in [7, 11) is 0. The van der Waals surface area contributed by atoms with Crippen molar-refractivity contribution in [1.82, 2.24) is 14.5 Å². The van der Waals surface area contributed by atoms with Gasteiger partial charge in [0.15, 0.2) is 0 Å². The second kappa shape index (κ2) is 4.44. The van der Waals surface area contributed by atoms with Crippen molar-refractivity contribution in [1.29, 1.82) is 0 Å². The Labute approximate surface area is 98.9 Å². The summed E-state index contributed by atoms with van der Waals surface area (Å²) in [5, 5.41) is 0. The summed E-state index contributed by atoms with van der Waals surface area (Å²) in [6, 6.07) is 4.93. The van der Waals surface area contributed by atoms with Crippen molar-refractivity contribution < 1.29 is 0 Å². The lowest BCUT2D eigenvalue weighted by atomic mass is 10.3. The van der Waals surface area contributed by atoms with Crippen LogP contribution in [0.25, 0.3) is 0 Å². The molecule has 0 fully saturated rings. The van der Waals surface area contributed by atoms with Crippen molar-refractivity contribution in [3.05, 3.63) is 61.6 Å². The maximum atomic E-state index is 11.4. The topological polar surface area (TPSA) is 67.8 Å². The second-order valence-electron chi connectivity index (χ2n) is 3.20. The Bertz CT molecular complexity index is 618. The zero-order valence-corrected chi connectivity index (χ0v) is 9.77.